The van der Waals surface area contributed by atoms with Crippen LogP contribution in [0.2, 0.25) is 0 Å². The summed E-state index contributed by atoms with van der Waals surface area (Å²) in [6, 6.07) is 1.54. The molecule has 0 spiro atoms. The van der Waals surface area contributed by atoms with Gasteiger partial charge in [0.15, 0.2) is 0 Å². The number of hydrogen-bond acceptors (Lipinski definition) is 4. The maximum absolute atomic E-state index is 12.4. The normalized spacial score (nSPS) is 23.9. The molecule has 21 heavy (non-hydrogen) atoms. The van der Waals surface area contributed by atoms with Gasteiger partial charge in [-0.2, -0.15) is 0 Å². The highest BCUT2D eigenvalue weighted by Gasteiger charge is 2.40. The Balaban J connectivity index is 2.25. The molecule has 0 amide bonds. The lowest BCUT2D eigenvalue weighted by molar-refractivity contribution is 0.176. The van der Waals surface area contributed by atoms with Gasteiger partial charge in [0.05, 0.1) is 10.8 Å². The molecule has 5 nitrogen and oxygen atoms in total. The lowest BCUT2D eigenvalue weighted by atomic mass is 10.00. The molecule has 0 radical (unpaired) electrons. The van der Waals surface area contributed by atoms with Gasteiger partial charge < -0.3 is 4.98 Å². The first kappa shape index (κ1) is 16.4. The van der Waals surface area contributed by atoms with Crippen molar-refractivity contribution in [2.75, 3.05) is 18.8 Å². The number of hydrogen-bond donors (Lipinski definition) is 1. The quantitative estimate of drug-likeness (QED) is 0.920. The van der Waals surface area contributed by atoms with E-state index in [1.54, 1.807) is 0 Å². The Labute approximate surface area is 128 Å². The molecule has 1 aliphatic heterocycles. The van der Waals surface area contributed by atoms with E-state index in [-0.39, 0.29) is 16.3 Å². The molecule has 0 bridgehead atoms. The van der Waals surface area contributed by atoms with Crippen LogP contribution in [0.5, 0.6) is 0 Å². The number of aryl methyl sites for hydroxylation is 1. The van der Waals surface area contributed by atoms with Crippen LogP contribution >= 0.6 is 0 Å². The van der Waals surface area contributed by atoms with E-state index in [1.807, 2.05) is 6.92 Å². The molecule has 2 heterocycles. The summed E-state index contributed by atoms with van der Waals surface area (Å²) >= 11 is 0. The van der Waals surface area contributed by atoms with E-state index in [0.717, 1.165) is 31.6 Å². The number of aromatic amines is 1. The van der Waals surface area contributed by atoms with Gasteiger partial charge in [-0.3, -0.25) is 13.9 Å². The fraction of sp³-hybridized carbons (Fsp3) is 0.733. The van der Waals surface area contributed by atoms with Crippen molar-refractivity contribution in [2.45, 2.75) is 51.3 Å². The number of H-pyrrole nitrogens is 1. The Kier molecular flexibility index (Phi) is 4.99. The van der Waals surface area contributed by atoms with Gasteiger partial charge in [-0.1, -0.05) is 13.8 Å². The number of nitrogens with zero attached hydrogens (tertiary/aromatic N) is 2. The van der Waals surface area contributed by atoms with Crippen molar-refractivity contribution in [3.8, 4) is 0 Å². The summed E-state index contributed by atoms with van der Waals surface area (Å²) in [6.07, 6.45) is 1.83. The van der Waals surface area contributed by atoms with E-state index in [0.29, 0.717) is 11.6 Å². The van der Waals surface area contributed by atoms with Crippen LogP contribution in [-0.2, 0) is 10.8 Å². The monoisotopic (exact) mass is 311 g/mol. The number of rotatable bonds is 4. The molecule has 1 saturated heterocycles. The van der Waals surface area contributed by atoms with Crippen LogP contribution < -0.4 is 5.56 Å². The topological polar surface area (TPSA) is 66.1 Å². The van der Waals surface area contributed by atoms with Crippen LogP contribution in [0.25, 0.3) is 0 Å². The summed E-state index contributed by atoms with van der Waals surface area (Å²) in [7, 11) is -0.773. The molecule has 6 heteroatoms. The van der Waals surface area contributed by atoms with Crippen LogP contribution in [0.4, 0.5) is 0 Å². The number of nitrogens with one attached hydrogen (secondary N) is 1. The van der Waals surface area contributed by atoms with Gasteiger partial charge in [-0.15, -0.1) is 0 Å². The zero-order valence-corrected chi connectivity index (χ0v) is 14.1. The highest BCUT2D eigenvalue weighted by Crippen LogP contribution is 2.32. The third-order valence-corrected chi connectivity index (χ3v) is 6.88. The first-order chi connectivity index (χ1) is 9.91. The molecule has 0 aromatic carbocycles. The standard InChI is InChI=1S/C15H25N3O2S/c1-5-15(6-2)10-18(7-8-21(15)20)12(4)14-16-11(3)9-13(19)17-14/h9,12H,5-8,10H2,1-4H3,(H,16,17,19)/t12-,21+/m1/s1. The minimum absolute atomic E-state index is 0.0346. The summed E-state index contributed by atoms with van der Waals surface area (Å²) in [6.45, 7) is 9.70. The predicted molar refractivity (Wildman–Crippen MR) is 85.9 cm³/mol. The Bertz CT molecular complexity index is 581. The molecular formula is C15H25N3O2S. The maximum atomic E-state index is 12.4. The van der Waals surface area contributed by atoms with E-state index >= 15 is 0 Å². The molecule has 1 fully saturated rings. The molecule has 1 N–H and O–H groups in total. The summed E-state index contributed by atoms with van der Waals surface area (Å²) in [5, 5.41) is 0. The predicted octanol–water partition coefficient (Wildman–Crippen LogP) is 1.76. The van der Waals surface area contributed by atoms with Gasteiger partial charge >= 0.3 is 0 Å². The highest BCUT2D eigenvalue weighted by molar-refractivity contribution is 7.86. The third-order valence-electron chi connectivity index (χ3n) is 4.66. The van der Waals surface area contributed by atoms with Gasteiger partial charge in [0, 0.05) is 41.4 Å². The average Bonchev–Trinajstić information content (AvgIpc) is 2.46. The fourth-order valence-electron chi connectivity index (χ4n) is 3.04. The second-order valence-electron chi connectivity index (χ2n) is 5.86. The van der Waals surface area contributed by atoms with Crippen molar-refractivity contribution in [1.29, 1.82) is 0 Å². The van der Waals surface area contributed by atoms with E-state index in [4.69, 9.17) is 0 Å². The van der Waals surface area contributed by atoms with Crippen molar-refractivity contribution in [2.24, 2.45) is 0 Å². The zero-order valence-electron chi connectivity index (χ0n) is 13.3. The van der Waals surface area contributed by atoms with Crippen LogP contribution in [0, 0.1) is 6.92 Å². The molecule has 2 rings (SSSR count). The average molecular weight is 311 g/mol. The van der Waals surface area contributed by atoms with Crippen LogP contribution in [0.1, 0.15) is 51.2 Å². The largest absolute Gasteiger partial charge is 0.309 e. The van der Waals surface area contributed by atoms with Crippen LogP contribution in [0.3, 0.4) is 0 Å². The van der Waals surface area contributed by atoms with Gasteiger partial charge in [-0.25, -0.2) is 4.98 Å². The molecule has 1 aromatic heterocycles. The first-order valence-electron chi connectivity index (χ1n) is 7.62. The minimum Gasteiger partial charge on any atom is -0.309 e. The van der Waals surface area contributed by atoms with E-state index in [2.05, 4.69) is 35.6 Å². The number of aromatic nitrogens is 2. The van der Waals surface area contributed by atoms with Crippen LogP contribution in [-0.4, -0.2) is 42.7 Å². The van der Waals surface area contributed by atoms with E-state index < -0.39 is 10.8 Å². The molecule has 1 aromatic rings. The van der Waals surface area contributed by atoms with Crippen LogP contribution in [0.15, 0.2) is 10.9 Å². The zero-order chi connectivity index (χ0) is 15.6. The summed E-state index contributed by atoms with van der Waals surface area (Å²) in [5.41, 5.74) is 0.626. The second kappa shape index (κ2) is 6.40. The van der Waals surface area contributed by atoms with Crippen molar-refractivity contribution < 1.29 is 4.21 Å². The first-order valence-corrected chi connectivity index (χ1v) is 8.94. The lowest BCUT2D eigenvalue weighted by Gasteiger charge is -2.43. The van der Waals surface area contributed by atoms with Crippen molar-refractivity contribution in [1.82, 2.24) is 14.9 Å². The molecule has 0 aliphatic carbocycles. The van der Waals surface area contributed by atoms with Crippen molar-refractivity contribution in [3.63, 3.8) is 0 Å². The Hall–Kier alpha value is -1.01. The Morgan fingerprint density at radius 3 is 2.71 bits per heavy atom. The summed E-state index contributed by atoms with van der Waals surface area (Å²) in [5.74, 6) is 1.40. The summed E-state index contributed by atoms with van der Waals surface area (Å²) < 4.78 is 12.3. The van der Waals surface area contributed by atoms with Gasteiger partial charge in [0.25, 0.3) is 5.56 Å². The fourth-order valence-corrected chi connectivity index (χ4v) is 4.82. The SMILES string of the molecule is CCC1(CC)CN([C@H](C)c2nc(C)cc(=O)[nH]2)CC[S@@]1=O. The summed E-state index contributed by atoms with van der Waals surface area (Å²) in [4.78, 5) is 21.2. The van der Waals surface area contributed by atoms with E-state index in [1.165, 1.54) is 6.07 Å². The smallest absolute Gasteiger partial charge is 0.251 e. The molecule has 118 valence electrons. The Morgan fingerprint density at radius 1 is 1.48 bits per heavy atom. The molecule has 2 atom stereocenters. The maximum Gasteiger partial charge on any atom is 0.251 e. The van der Waals surface area contributed by atoms with Gasteiger partial charge in [0.1, 0.15) is 5.82 Å². The molecular weight excluding hydrogens is 286 g/mol. The second-order valence-corrected chi connectivity index (χ2v) is 7.82. The molecule has 1 aliphatic rings. The minimum atomic E-state index is -0.773. The third kappa shape index (κ3) is 3.26. The van der Waals surface area contributed by atoms with Gasteiger partial charge in [-0.05, 0) is 26.7 Å². The van der Waals surface area contributed by atoms with Crippen molar-refractivity contribution >= 4 is 10.8 Å². The molecule has 0 unspecified atom stereocenters. The highest BCUT2D eigenvalue weighted by atomic mass is 32.2. The van der Waals surface area contributed by atoms with Crippen molar-refractivity contribution in [3.05, 3.63) is 27.9 Å². The Morgan fingerprint density at radius 2 is 2.14 bits per heavy atom. The lowest BCUT2D eigenvalue weighted by Crippen LogP contribution is -2.53. The van der Waals surface area contributed by atoms with E-state index in [9.17, 15) is 9.00 Å². The van der Waals surface area contributed by atoms with Gasteiger partial charge in [0.2, 0.25) is 0 Å². The molecule has 0 saturated carbocycles.